The zero-order valence-electron chi connectivity index (χ0n) is 20.0. The fraction of sp³-hybridized carbons (Fsp3) is 0.750. The van der Waals surface area contributed by atoms with Gasteiger partial charge in [-0.15, -0.1) is 0 Å². The van der Waals surface area contributed by atoms with Crippen molar-refractivity contribution >= 4 is 10.4 Å². The fourth-order valence-electron chi connectivity index (χ4n) is 2.04. The SMILES string of the molecule is CCCC/C=C/CCO.CCCC/C=C\CCO.CCCCC=CCCOS(=O)(=O)O. The molecule has 0 aliphatic rings. The van der Waals surface area contributed by atoms with Gasteiger partial charge in [0.1, 0.15) is 0 Å². The van der Waals surface area contributed by atoms with Gasteiger partial charge < -0.3 is 10.2 Å². The molecule has 3 N–H and O–H groups in total. The van der Waals surface area contributed by atoms with Crippen molar-refractivity contribution in [2.24, 2.45) is 0 Å². The molecule has 0 aromatic carbocycles. The van der Waals surface area contributed by atoms with Crippen LogP contribution in [0.3, 0.4) is 0 Å². The van der Waals surface area contributed by atoms with E-state index in [0.717, 1.165) is 44.9 Å². The zero-order chi connectivity index (χ0) is 24.1. The Morgan fingerprint density at radius 1 is 0.613 bits per heavy atom. The van der Waals surface area contributed by atoms with Gasteiger partial charge in [-0.2, -0.15) is 8.42 Å². The summed E-state index contributed by atoms with van der Waals surface area (Å²) in [4.78, 5) is 0. The third-order valence-corrected chi connectivity index (χ3v) is 4.25. The lowest BCUT2D eigenvalue weighted by molar-refractivity contribution is 0.273. The number of aliphatic hydroxyl groups is 2. The van der Waals surface area contributed by atoms with E-state index >= 15 is 0 Å². The van der Waals surface area contributed by atoms with Gasteiger partial charge >= 0.3 is 10.4 Å². The third kappa shape index (κ3) is 47.9. The summed E-state index contributed by atoms with van der Waals surface area (Å²) in [5.41, 5.74) is 0. The number of hydrogen-bond donors (Lipinski definition) is 3. The van der Waals surface area contributed by atoms with E-state index < -0.39 is 10.4 Å². The number of allylic oxidation sites excluding steroid dienone is 3. The van der Waals surface area contributed by atoms with Crippen LogP contribution in [0.25, 0.3) is 0 Å². The Balaban J connectivity index is -0.000000390. The van der Waals surface area contributed by atoms with E-state index in [1.165, 1.54) is 25.7 Å². The lowest BCUT2D eigenvalue weighted by Crippen LogP contribution is -2.03. The Bertz CT molecular complexity index is 478. The minimum atomic E-state index is -4.26. The van der Waals surface area contributed by atoms with Gasteiger partial charge in [-0.1, -0.05) is 95.8 Å². The van der Waals surface area contributed by atoms with Crippen molar-refractivity contribution in [3.63, 3.8) is 0 Å². The molecule has 0 aromatic heterocycles. The summed E-state index contributed by atoms with van der Waals surface area (Å²) in [6, 6.07) is 0. The molecule has 0 rings (SSSR count). The summed E-state index contributed by atoms with van der Waals surface area (Å²) in [5, 5.41) is 16.7. The Hall–Kier alpha value is -0.990. The van der Waals surface area contributed by atoms with Gasteiger partial charge in [0.25, 0.3) is 0 Å². The van der Waals surface area contributed by atoms with Crippen molar-refractivity contribution in [1.82, 2.24) is 0 Å². The van der Waals surface area contributed by atoms with Crippen LogP contribution in [0, 0.1) is 0 Å². The lowest BCUT2D eigenvalue weighted by Gasteiger charge is -1.95. The molecule has 0 spiro atoms. The maximum atomic E-state index is 10.1. The Morgan fingerprint density at radius 3 is 1.23 bits per heavy atom. The summed E-state index contributed by atoms with van der Waals surface area (Å²) in [6.07, 6.45) is 25.0. The fourth-order valence-corrected chi connectivity index (χ4v) is 2.35. The maximum absolute atomic E-state index is 10.1. The Labute approximate surface area is 192 Å². The second kappa shape index (κ2) is 31.2. The monoisotopic (exact) mass is 464 g/mol. The molecule has 0 bridgehead atoms. The molecule has 186 valence electrons. The Kier molecular flexibility index (Phi) is 34.8. The first-order chi connectivity index (χ1) is 14.9. The van der Waals surface area contributed by atoms with Crippen LogP contribution in [0.1, 0.15) is 97.8 Å². The molecule has 0 aliphatic heterocycles. The topological polar surface area (TPSA) is 104 Å². The first kappa shape index (κ1) is 34.6. The molecular formula is C24H48O6S. The van der Waals surface area contributed by atoms with Crippen molar-refractivity contribution in [3.8, 4) is 0 Å². The molecule has 0 unspecified atom stereocenters. The summed E-state index contributed by atoms with van der Waals surface area (Å²) in [5.74, 6) is 0. The van der Waals surface area contributed by atoms with E-state index in [1.54, 1.807) is 0 Å². The van der Waals surface area contributed by atoms with Crippen molar-refractivity contribution in [1.29, 1.82) is 0 Å². The van der Waals surface area contributed by atoms with E-state index in [0.29, 0.717) is 6.42 Å². The zero-order valence-corrected chi connectivity index (χ0v) is 20.9. The lowest BCUT2D eigenvalue weighted by atomic mass is 10.2. The first-order valence-corrected chi connectivity index (χ1v) is 13.0. The van der Waals surface area contributed by atoms with Gasteiger partial charge in [-0.05, 0) is 38.5 Å². The second-order valence-electron chi connectivity index (χ2n) is 6.90. The van der Waals surface area contributed by atoms with Gasteiger partial charge in [-0.25, -0.2) is 4.18 Å². The van der Waals surface area contributed by atoms with Gasteiger partial charge in [-0.3, -0.25) is 4.55 Å². The largest absolute Gasteiger partial charge is 0.397 e. The number of unbranched alkanes of at least 4 members (excludes halogenated alkanes) is 6. The van der Waals surface area contributed by atoms with E-state index in [9.17, 15) is 8.42 Å². The molecule has 0 saturated carbocycles. The van der Waals surface area contributed by atoms with Crippen LogP contribution in [0.4, 0.5) is 0 Å². The van der Waals surface area contributed by atoms with Crippen LogP contribution >= 0.6 is 0 Å². The minimum absolute atomic E-state index is 0.00145. The number of hydrogen-bond acceptors (Lipinski definition) is 5. The smallest absolute Gasteiger partial charge is 0.396 e. The first-order valence-electron chi connectivity index (χ1n) is 11.7. The standard InChI is InChI=1S/C8H16O4S.2C8H16O/c1-2-3-4-5-6-7-8-12-13(9,10)11;2*1-2-3-4-5-6-7-8-9/h5-6H,2-4,7-8H2,1H3,(H,9,10,11);2*5-6,9H,2-4,7-8H2,1H3/b;6-5+;6-5-. The molecule has 6 nitrogen and oxygen atoms in total. The maximum Gasteiger partial charge on any atom is 0.397 e. The highest BCUT2D eigenvalue weighted by Crippen LogP contribution is 1.97. The van der Waals surface area contributed by atoms with Gasteiger partial charge in [0, 0.05) is 13.2 Å². The summed E-state index contributed by atoms with van der Waals surface area (Å²) in [7, 11) is -4.26. The second-order valence-corrected chi connectivity index (χ2v) is 8.00. The molecule has 7 heteroatoms. The van der Waals surface area contributed by atoms with Crippen molar-refractivity contribution in [2.75, 3.05) is 19.8 Å². The highest BCUT2D eigenvalue weighted by atomic mass is 32.3. The van der Waals surface area contributed by atoms with E-state index in [4.69, 9.17) is 14.8 Å². The molecular weight excluding hydrogens is 416 g/mol. The number of rotatable bonds is 17. The van der Waals surface area contributed by atoms with Crippen LogP contribution in [-0.4, -0.2) is 43.0 Å². The van der Waals surface area contributed by atoms with E-state index in [1.807, 2.05) is 24.3 Å². The van der Waals surface area contributed by atoms with Crippen molar-refractivity contribution in [2.45, 2.75) is 97.8 Å². The predicted molar refractivity (Wildman–Crippen MR) is 132 cm³/mol. The number of aliphatic hydroxyl groups excluding tert-OH is 2. The molecule has 0 heterocycles. The highest BCUT2D eigenvalue weighted by molar-refractivity contribution is 7.80. The van der Waals surface area contributed by atoms with E-state index in [-0.39, 0.29) is 19.8 Å². The average molecular weight is 465 g/mol. The molecule has 0 amide bonds. The molecule has 0 fully saturated rings. The van der Waals surface area contributed by atoms with Crippen LogP contribution in [0.15, 0.2) is 36.5 Å². The van der Waals surface area contributed by atoms with Crippen LogP contribution in [0.5, 0.6) is 0 Å². The quantitative estimate of drug-likeness (QED) is 0.135. The molecule has 0 aliphatic carbocycles. The molecule has 0 radical (unpaired) electrons. The summed E-state index contributed by atoms with van der Waals surface area (Å²) in [6.45, 7) is 7.03. The molecule has 0 saturated heterocycles. The molecule has 0 aromatic rings. The molecule has 31 heavy (non-hydrogen) atoms. The third-order valence-electron chi connectivity index (χ3n) is 3.78. The van der Waals surface area contributed by atoms with Crippen molar-refractivity contribution in [3.05, 3.63) is 36.5 Å². The highest BCUT2D eigenvalue weighted by Gasteiger charge is 2.00. The van der Waals surface area contributed by atoms with Crippen molar-refractivity contribution < 1.29 is 27.4 Å². The summed E-state index contributed by atoms with van der Waals surface area (Å²) >= 11 is 0. The average Bonchev–Trinajstić information content (AvgIpc) is 2.73. The molecule has 0 atom stereocenters. The van der Waals surface area contributed by atoms with Crippen LogP contribution in [0.2, 0.25) is 0 Å². The normalized spacial score (nSPS) is 11.5. The van der Waals surface area contributed by atoms with Gasteiger partial charge in [0.15, 0.2) is 0 Å². The van der Waals surface area contributed by atoms with Gasteiger partial charge in [0.05, 0.1) is 6.61 Å². The van der Waals surface area contributed by atoms with Gasteiger partial charge in [0.2, 0.25) is 0 Å². The Morgan fingerprint density at radius 2 is 0.935 bits per heavy atom. The predicted octanol–water partition coefficient (Wildman–Crippen LogP) is 6.17. The van der Waals surface area contributed by atoms with Crippen LogP contribution < -0.4 is 0 Å². The summed E-state index contributed by atoms with van der Waals surface area (Å²) < 4.78 is 32.4. The van der Waals surface area contributed by atoms with Crippen LogP contribution in [-0.2, 0) is 14.6 Å². The minimum Gasteiger partial charge on any atom is -0.396 e. The van der Waals surface area contributed by atoms with E-state index in [2.05, 4.69) is 37.1 Å².